The van der Waals surface area contributed by atoms with Gasteiger partial charge < -0.3 is 5.32 Å². The maximum Gasteiger partial charge on any atom is 0.244 e. The summed E-state index contributed by atoms with van der Waals surface area (Å²) in [5.74, 6) is -0.366. The zero-order chi connectivity index (χ0) is 13.9. The monoisotopic (exact) mass is 398 g/mol. The van der Waals surface area contributed by atoms with Crippen molar-refractivity contribution in [2.45, 2.75) is 4.90 Å². The van der Waals surface area contributed by atoms with Crippen molar-refractivity contribution >= 4 is 47.8 Å². The van der Waals surface area contributed by atoms with Gasteiger partial charge in [0.1, 0.15) is 0 Å². The molecular formula is C10H12Br2N2O3S. The van der Waals surface area contributed by atoms with Crippen LogP contribution in [0.1, 0.15) is 0 Å². The zero-order valence-electron chi connectivity index (χ0n) is 9.78. The number of rotatable bonds is 4. The lowest BCUT2D eigenvalue weighted by Gasteiger charge is -2.17. The summed E-state index contributed by atoms with van der Waals surface area (Å²) in [5.41, 5.74) is 0. The van der Waals surface area contributed by atoms with E-state index in [4.69, 9.17) is 0 Å². The smallest absolute Gasteiger partial charge is 0.244 e. The second kappa shape index (κ2) is 6.14. The summed E-state index contributed by atoms with van der Waals surface area (Å²) in [6.45, 7) is -0.221. The van der Waals surface area contributed by atoms with Crippen LogP contribution < -0.4 is 5.32 Å². The van der Waals surface area contributed by atoms with Crippen LogP contribution in [0.2, 0.25) is 0 Å². The van der Waals surface area contributed by atoms with Crippen LogP contribution in [0.15, 0.2) is 32.0 Å². The van der Waals surface area contributed by atoms with Crippen LogP contribution in [-0.4, -0.2) is 39.3 Å². The molecule has 100 valence electrons. The predicted molar refractivity (Wildman–Crippen MR) is 75.7 cm³/mol. The molecule has 18 heavy (non-hydrogen) atoms. The van der Waals surface area contributed by atoms with Crippen molar-refractivity contribution in [1.82, 2.24) is 9.62 Å². The molecule has 0 heterocycles. The lowest BCUT2D eigenvalue weighted by molar-refractivity contribution is -0.120. The highest BCUT2D eigenvalue weighted by molar-refractivity contribution is 9.11. The van der Waals surface area contributed by atoms with Gasteiger partial charge in [-0.15, -0.1) is 0 Å². The molecule has 0 spiro atoms. The highest BCUT2D eigenvalue weighted by Crippen LogP contribution is 2.27. The van der Waals surface area contributed by atoms with E-state index >= 15 is 0 Å². The van der Waals surface area contributed by atoms with E-state index < -0.39 is 10.0 Å². The minimum atomic E-state index is -3.69. The first-order valence-electron chi connectivity index (χ1n) is 4.91. The molecule has 1 N–H and O–H groups in total. The molecule has 0 unspecified atom stereocenters. The van der Waals surface area contributed by atoms with Crippen molar-refractivity contribution in [1.29, 1.82) is 0 Å². The summed E-state index contributed by atoms with van der Waals surface area (Å²) in [7, 11) is -0.870. The van der Waals surface area contributed by atoms with Crippen molar-refractivity contribution in [3.63, 3.8) is 0 Å². The van der Waals surface area contributed by atoms with Crippen LogP contribution >= 0.6 is 31.9 Å². The molecule has 0 aliphatic rings. The van der Waals surface area contributed by atoms with Gasteiger partial charge in [0.2, 0.25) is 15.9 Å². The lowest BCUT2D eigenvalue weighted by atomic mass is 10.4. The van der Waals surface area contributed by atoms with Gasteiger partial charge in [-0.1, -0.05) is 15.9 Å². The first kappa shape index (κ1) is 15.6. The topological polar surface area (TPSA) is 66.5 Å². The number of carbonyl (C=O) groups excluding carboxylic acids is 1. The Labute approximate surface area is 123 Å². The quantitative estimate of drug-likeness (QED) is 0.835. The van der Waals surface area contributed by atoms with Gasteiger partial charge in [-0.05, 0) is 34.1 Å². The van der Waals surface area contributed by atoms with E-state index in [9.17, 15) is 13.2 Å². The molecule has 1 rings (SSSR count). The normalized spacial score (nSPS) is 11.6. The zero-order valence-corrected chi connectivity index (χ0v) is 13.8. The number of hydrogen-bond donors (Lipinski definition) is 1. The predicted octanol–water partition coefficient (Wildman–Crippen LogP) is 1.58. The van der Waals surface area contributed by atoms with E-state index in [1.807, 2.05) is 0 Å². The molecular weight excluding hydrogens is 388 g/mol. The summed E-state index contributed by atoms with van der Waals surface area (Å²) >= 11 is 6.45. The fourth-order valence-corrected chi connectivity index (χ4v) is 4.05. The van der Waals surface area contributed by atoms with Crippen LogP contribution in [0.3, 0.4) is 0 Å². The Morgan fingerprint density at radius 3 is 2.50 bits per heavy atom. The number of nitrogens with one attached hydrogen (secondary N) is 1. The van der Waals surface area contributed by atoms with Crippen molar-refractivity contribution in [2.24, 2.45) is 0 Å². The lowest BCUT2D eigenvalue weighted by Crippen LogP contribution is -2.37. The number of hydrogen-bond acceptors (Lipinski definition) is 3. The van der Waals surface area contributed by atoms with Crippen molar-refractivity contribution in [2.75, 3.05) is 20.6 Å². The van der Waals surface area contributed by atoms with Gasteiger partial charge >= 0.3 is 0 Å². The molecule has 1 aromatic rings. The van der Waals surface area contributed by atoms with Crippen LogP contribution in [-0.2, 0) is 14.8 Å². The SMILES string of the molecule is CNC(=O)CN(C)S(=O)(=O)c1ccc(Br)cc1Br. The standard InChI is InChI=1S/C10H12Br2N2O3S/c1-13-10(15)6-14(2)18(16,17)9-4-3-7(11)5-8(9)12/h3-5H,6H2,1-2H3,(H,13,15). The van der Waals surface area contributed by atoms with E-state index in [2.05, 4.69) is 37.2 Å². The Hall–Kier alpha value is -0.440. The van der Waals surface area contributed by atoms with E-state index in [1.165, 1.54) is 20.2 Å². The molecule has 0 atom stereocenters. The van der Waals surface area contributed by atoms with E-state index in [0.717, 1.165) is 8.78 Å². The highest BCUT2D eigenvalue weighted by Gasteiger charge is 2.24. The average Bonchev–Trinajstić information content (AvgIpc) is 2.28. The summed E-state index contributed by atoms with van der Waals surface area (Å²) < 4.78 is 26.6. The van der Waals surface area contributed by atoms with E-state index in [-0.39, 0.29) is 17.3 Å². The van der Waals surface area contributed by atoms with Crippen LogP contribution in [0.5, 0.6) is 0 Å². The van der Waals surface area contributed by atoms with Gasteiger partial charge in [0.25, 0.3) is 0 Å². The van der Waals surface area contributed by atoms with Gasteiger partial charge in [-0.25, -0.2) is 8.42 Å². The molecule has 0 aromatic heterocycles. The number of likely N-dealkylation sites (N-methyl/N-ethyl adjacent to an activating group) is 2. The number of sulfonamides is 1. The number of benzene rings is 1. The minimum absolute atomic E-state index is 0.122. The molecule has 1 amide bonds. The Balaban J connectivity index is 3.09. The number of nitrogens with zero attached hydrogens (tertiary/aromatic N) is 1. The fraction of sp³-hybridized carbons (Fsp3) is 0.300. The summed E-state index contributed by atoms with van der Waals surface area (Å²) in [5, 5.41) is 2.38. The maximum atomic E-state index is 12.2. The van der Waals surface area contributed by atoms with Gasteiger partial charge in [0, 0.05) is 23.0 Å². The number of amides is 1. The van der Waals surface area contributed by atoms with Crippen molar-refractivity contribution in [3.8, 4) is 0 Å². The molecule has 0 saturated carbocycles. The summed E-state index contributed by atoms with van der Waals surface area (Å²) in [4.78, 5) is 11.3. The molecule has 0 aliphatic heterocycles. The second-order valence-electron chi connectivity index (χ2n) is 3.51. The number of halogens is 2. The molecule has 8 heteroatoms. The van der Waals surface area contributed by atoms with Gasteiger partial charge in [0.05, 0.1) is 11.4 Å². The second-order valence-corrected chi connectivity index (χ2v) is 7.29. The van der Waals surface area contributed by atoms with Crippen LogP contribution in [0, 0.1) is 0 Å². The summed E-state index contributed by atoms with van der Waals surface area (Å²) in [6, 6.07) is 4.75. The Kier molecular flexibility index (Phi) is 5.32. The minimum Gasteiger partial charge on any atom is -0.358 e. The van der Waals surface area contributed by atoms with Crippen molar-refractivity contribution < 1.29 is 13.2 Å². The first-order chi connectivity index (χ1) is 8.28. The third kappa shape index (κ3) is 3.53. The third-order valence-corrected chi connectivity index (χ3v) is 5.50. The Morgan fingerprint density at radius 2 is 2.00 bits per heavy atom. The maximum absolute atomic E-state index is 12.2. The third-order valence-electron chi connectivity index (χ3n) is 2.23. The molecule has 0 fully saturated rings. The van der Waals surface area contributed by atoms with E-state index in [1.54, 1.807) is 12.1 Å². The average molecular weight is 400 g/mol. The van der Waals surface area contributed by atoms with Gasteiger partial charge in [0.15, 0.2) is 0 Å². The molecule has 5 nitrogen and oxygen atoms in total. The highest BCUT2D eigenvalue weighted by atomic mass is 79.9. The van der Waals surface area contributed by atoms with Gasteiger partial charge in [-0.2, -0.15) is 4.31 Å². The molecule has 0 radical (unpaired) electrons. The Morgan fingerprint density at radius 1 is 1.39 bits per heavy atom. The largest absolute Gasteiger partial charge is 0.358 e. The fourth-order valence-electron chi connectivity index (χ4n) is 1.22. The summed E-state index contributed by atoms with van der Waals surface area (Å²) in [6.07, 6.45) is 0. The van der Waals surface area contributed by atoms with Crippen molar-refractivity contribution in [3.05, 3.63) is 27.1 Å². The molecule has 0 saturated heterocycles. The first-order valence-corrected chi connectivity index (χ1v) is 7.93. The molecule has 0 bridgehead atoms. The molecule has 1 aromatic carbocycles. The Bertz CT molecular complexity index is 560. The van der Waals surface area contributed by atoms with Crippen LogP contribution in [0.25, 0.3) is 0 Å². The molecule has 0 aliphatic carbocycles. The van der Waals surface area contributed by atoms with E-state index in [0.29, 0.717) is 4.47 Å². The van der Waals surface area contributed by atoms with Crippen LogP contribution in [0.4, 0.5) is 0 Å². The number of carbonyl (C=O) groups is 1. The van der Waals surface area contributed by atoms with Gasteiger partial charge in [-0.3, -0.25) is 4.79 Å².